The first-order valence-corrected chi connectivity index (χ1v) is 11.2. The van der Waals surface area contributed by atoms with Gasteiger partial charge in [0.25, 0.3) is 0 Å². The Morgan fingerprint density at radius 2 is 1.94 bits per heavy atom. The van der Waals surface area contributed by atoms with Crippen molar-refractivity contribution in [1.29, 1.82) is 0 Å². The molecule has 1 aliphatic rings. The molecule has 1 aliphatic heterocycles. The molecule has 4 rings (SSSR count). The molecule has 1 saturated heterocycles. The van der Waals surface area contributed by atoms with Gasteiger partial charge in [0.05, 0.1) is 26.2 Å². The molecule has 8 nitrogen and oxygen atoms in total. The predicted molar refractivity (Wildman–Crippen MR) is 130 cm³/mol. The number of likely N-dealkylation sites (tertiary alicyclic amines) is 1. The molecule has 2 N–H and O–H groups in total. The summed E-state index contributed by atoms with van der Waals surface area (Å²) in [6.45, 7) is 3.51. The molecule has 0 aliphatic carbocycles. The van der Waals surface area contributed by atoms with Gasteiger partial charge in [0.15, 0.2) is 5.96 Å². The van der Waals surface area contributed by atoms with Crippen LogP contribution in [-0.4, -0.2) is 60.8 Å². The van der Waals surface area contributed by atoms with Gasteiger partial charge < -0.3 is 24.7 Å². The lowest BCUT2D eigenvalue weighted by molar-refractivity contribution is 0.321. The van der Waals surface area contributed by atoms with Gasteiger partial charge in [-0.25, -0.2) is 4.98 Å². The summed E-state index contributed by atoms with van der Waals surface area (Å²) in [6, 6.07) is 14.7. The highest BCUT2D eigenvalue weighted by atomic mass is 16.5. The van der Waals surface area contributed by atoms with E-state index in [1.165, 1.54) is 11.1 Å². The minimum Gasteiger partial charge on any atom is -0.497 e. The zero-order valence-electron chi connectivity index (χ0n) is 19.5. The highest BCUT2D eigenvalue weighted by Gasteiger charge is 2.23. The molecule has 8 heteroatoms. The van der Waals surface area contributed by atoms with Gasteiger partial charge in [-0.2, -0.15) is 0 Å². The molecule has 0 spiro atoms. The van der Waals surface area contributed by atoms with Gasteiger partial charge in [0.1, 0.15) is 11.5 Å². The van der Waals surface area contributed by atoms with Crippen molar-refractivity contribution in [2.45, 2.75) is 25.6 Å². The minimum atomic E-state index is 0.340. The molecule has 174 valence electrons. The SMILES string of the molecule is CN=C(NCc1ccccc1-n1ccnc1)NC1CCN(Cc2cc(OC)cc(OC)c2)C1. The monoisotopic (exact) mass is 448 g/mol. The van der Waals surface area contributed by atoms with Crippen LogP contribution in [-0.2, 0) is 13.1 Å². The van der Waals surface area contributed by atoms with Crippen molar-refractivity contribution in [2.75, 3.05) is 34.4 Å². The number of hydrogen-bond acceptors (Lipinski definition) is 5. The van der Waals surface area contributed by atoms with Crippen LogP contribution in [0.15, 0.2) is 66.2 Å². The van der Waals surface area contributed by atoms with Crippen molar-refractivity contribution in [1.82, 2.24) is 25.1 Å². The fraction of sp³-hybridized carbons (Fsp3) is 0.360. The molecule has 0 amide bonds. The van der Waals surface area contributed by atoms with Crippen molar-refractivity contribution >= 4 is 5.96 Å². The number of guanidine groups is 1. The van der Waals surface area contributed by atoms with Crippen molar-refractivity contribution in [3.63, 3.8) is 0 Å². The number of rotatable bonds is 8. The molecular formula is C25H32N6O2. The summed E-state index contributed by atoms with van der Waals surface area (Å²) in [5, 5.41) is 7.04. The van der Waals surface area contributed by atoms with Crippen molar-refractivity contribution < 1.29 is 9.47 Å². The summed E-state index contributed by atoms with van der Waals surface area (Å²) in [5.74, 6) is 2.45. The zero-order chi connectivity index (χ0) is 23.0. The van der Waals surface area contributed by atoms with E-state index in [1.807, 2.05) is 36.3 Å². The van der Waals surface area contributed by atoms with Gasteiger partial charge in [-0.15, -0.1) is 0 Å². The smallest absolute Gasteiger partial charge is 0.191 e. The van der Waals surface area contributed by atoms with Crippen molar-refractivity contribution in [3.8, 4) is 17.2 Å². The highest BCUT2D eigenvalue weighted by Crippen LogP contribution is 2.24. The fourth-order valence-electron chi connectivity index (χ4n) is 4.19. The lowest BCUT2D eigenvalue weighted by Gasteiger charge is -2.20. The van der Waals surface area contributed by atoms with Crippen LogP contribution in [0.25, 0.3) is 5.69 Å². The standard InChI is InChI=1S/C25H32N6O2/c1-26-25(28-15-20-6-4-5-7-24(20)31-11-9-27-18-31)29-21-8-10-30(17-21)16-19-12-22(32-2)14-23(13-19)33-3/h4-7,9,11-14,18,21H,8,10,15-17H2,1-3H3,(H2,26,28,29). The lowest BCUT2D eigenvalue weighted by Crippen LogP contribution is -2.44. The fourth-order valence-corrected chi connectivity index (χ4v) is 4.19. The molecule has 2 aromatic carbocycles. The second-order valence-corrected chi connectivity index (χ2v) is 8.11. The number of nitrogens with one attached hydrogen (secondary N) is 2. The van der Waals surface area contributed by atoms with E-state index in [0.717, 1.165) is 49.2 Å². The van der Waals surface area contributed by atoms with Crippen LogP contribution in [0.4, 0.5) is 0 Å². The van der Waals surface area contributed by atoms with Gasteiger partial charge in [-0.1, -0.05) is 18.2 Å². The van der Waals surface area contributed by atoms with Gasteiger partial charge in [-0.3, -0.25) is 9.89 Å². The van der Waals surface area contributed by atoms with E-state index in [0.29, 0.717) is 12.6 Å². The maximum atomic E-state index is 5.41. The van der Waals surface area contributed by atoms with Crippen molar-refractivity contribution in [3.05, 3.63) is 72.3 Å². The highest BCUT2D eigenvalue weighted by molar-refractivity contribution is 5.80. The lowest BCUT2D eigenvalue weighted by atomic mass is 10.1. The first kappa shape index (κ1) is 22.7. The van der Waals surface area contributed by atoms with Crippen LogP contribution in [0.1, 0.15) is 17.5 Å². The summed E-state index contributed by atoms with van der Waals surface area (Å²) in [7, 11) is 5.17. The Labute approximate surface area is 195 Å². The second-order valence-electron chi connectivity index (χ2n) is 8.11. The maximum absolute atomic E-state index is 5.41. The van der Waals surface area contributed by atoms with Gasteiger partial charge in [-0.05, 0) is 35.7 Å². The minimum absolute atomic E-state index is 0.340. The van der Waals surface area contributed by atoms with Crippen LogP contribution >= 0.6 is 0 Å². The number of aliphatic imine (C=N–C) groups is 1. The molecular weight excluding hydrogens is 416 g/mol. The normalized spacial score (nSPS) is 16.6. The van der Waals surface area contributed by atoms with Crippen LogP contribution in [0.3, 0.4) is 0 Å². The Bertz CT molecular complexity index is 1040. The van der Waals surface area contributed by atoms with E-state index in [4.69, 9.17) is 9.47 Å². The van der Waals surface area contributed by atoms with E-state index in [1.54, 1.807) is 20.4 Å². The second kappa shape index (κ2) is 10.9. The Balaban J connectivity index is 1.32. The Morgan fingerprint density at radius 3 is 2.64 bits per heavy atom. The molecule has 0 saturated carbocycles. The van der Waals surface area contributed by atoms with Gasteiger partial charge in [0.2, 0.25) is 0 Å². The van der Waals surface area contributed by atoms with E-state index < -0.39 is 0 Å². The van der Waals surface area contributed by atoms with Crippen LogP contribution < -0.4 is 20.1 Å². The Morgan fingerprint density at radius 1 is 1.15 bits per heavy atom. The maximum Gasteiger partial charge on any atom is 0.191 e. The number of benzene rings is 2. The average Bonchev–Trinajstić information content (AvgIpc) is 3.54. The number of hydrogen-bond donors (Lipinski definition) is 2. The number of nitrogens with zero attached hydrogens (tertiary/aromatic N) is 4. The molecule has 0 bridgehead atoms. The number of ether oxygens (including phenoxy) is 2. The topological polar surface area (TPSA) is 75.9 Å². The molecule has 1 fully saturated rings. The third-order valence-electron chi connectivity index (χ3n) is 5.87. The largest absolute Gasteiger partial charge is 0.497 e. The first-order valence-electron chi connectivity index (χ1n) is 11.2. The number of methoxy groups -OCH3 is 2. The summed E-state index contributed by atoms with van der Waals surface area (Å²) in [4.78, 5) is 11.0. The Hall–Kier alpha value is -3.52. The van der Waals surface area contributed by atoms with Crippen molar-refractivity contribution in [2.24, 2.45) is 4.99 Å². The summed E-state index contributed by atoms with van der Waals surface area (Å²) < 4.78 is 12.8. The number of aromatic nitrogens is 2. The quantitative estimate of drug-likeness (QED) is 0.408. The Kier molecular flexibility index (Phi) is 7.47. The molecule has 2 heterocycles. The van der Waals surface area contributed by atoms with E-state index in [-0.39, 0.29) is 0 Å². The molecule has 1 aromatic heterocycles. The first-order chi connectivity index (χ1) is 16.2. The van der Waals surface area contributed by atoms with Crippen LogP contribution in [0.2, 0.25) is 0 Å². The van der Waals surface area contributed by atoms with E-state index in [9.17, 15) is 0 Å². The summed E-state index contributed by atoms with van der Waals surface area (Å²) in [5.41, 5.74) is 3.47. The average molecular weight is 449 g/mol. The predicted octanol–water partition coefficient (Wildman–Crippen LogP) is 2.83. The zero-order valence-corrected chi connectivity index (χ0v) is 19.5. The molecule has 33 heavy (non-hydrogen) atoms. The number of para-hydroxylation sites is 1. The summed E-state index contributed by atoms with van der Waals surface area (Å²) in [6.07, 6.45) is 6.62. The molecule has 3 aromatic rings. The van der Waals surface area contributed by atoms with E-state index >= 15 is 0 Å². The van der Waals surface area contributed by atoms with Gasteiger partial charge in [0, 0.05) is 57.7 Å². The van der Waals surface area contributed by atoms with Crippen LogP contribution in [0.5, 0.6) is 11.5 Å². The third-order valence-corrected chi connectivity index (χ3v) is 5.87. The van der Waals surface area contributed by atoms with Crippen LogP contribution in [0, 0.1) is 0 Å². The van der Waals surface area contributed by atoms with Gasteiger partial charge >= 0.3 is 0 Å². The molecule has 1 atom stereocenters. The third kappa shape index (κ3) is 5.84. The number of imidazole rings is 1. The molecule has 0 radical (unpaired) electrons. The van der Waals surface area contributed by atoms with E-state index in [2.05, 4.69) is 55.8 Å². The molecule has 1 unspecified atom stereocenters. The summed E-state index contributed by atoms with van der Waals surface area (Å²) >= 11 is 0.